The summed E-state index contributed by atoms with van der Waals surface area (Å²) in [7, 11) is 3.32. The van der Waals surface area contributed by atoms with E-state index in [1.165, 1.54) is 0 Å². The summed E-state index contributed by atoms with van der Waals surface area (Å²) < 4.78 is 10.6. The Morgan fingerprint density at radius 2 is 1.73 bits per heavy atom. The van der Waals surface area contributed by atoms with Gasteiger partial charge in [0, 0.05) is 11.6 Å². The second-order valence-electron chi connectivity index (χ2n) is 3.51. The third kappa shape index (κ3) is 2.86. The lowest BCUT2D eigenvalue weighted by Crippen LogP contribution is -2.22. The normalized spacial score (nSPS) is 12.3. The maximum absolute atomic E-state index is 5.94. The lowest BCUT2D eigenvalue weighted by molar-refractivity contribution is 0.382. The van der Waals surface area contributed by atoms with Gasteiger partial charge in [0.2, 0.25) is 0 Å². The molecule has 1 aromatic carbocycles. The van der Waals surface area contributed by atoms with Gasteiger partial charge in [-0.25, -0.2) is 0 Å². The van der Waals surface area contributed by atoms with Gasteiger partial charge in [0.05, 0.1) is 14.2 Å². The van der Waals surface area contributed by atoms with Crippen LogP contribution in [-0.4, -0.2) is 20.3 Å². The molecule has 0 aliphatic heterocycles. The zero-order valence-corrected chi connectivity index (χ0v) is 9.62. The Morgan fingerprint density at radius 1 is 1.20 bits per heavy atom. The van der Waals surface area contributed by atoms with Gasteiger partial charge in [-0.3, -0.25) is 0 Å². The summed E-state index contributed by atoms with van der Waals surface area (Å²) in [4.78, 5) is 0. The van der Waals surface area contributed by atoms with Crippen LogP contribution in [0.3, 0.4) is 0 Å². The molecular weight excluding hydrogens is 190 g/mol. The first-order valence-corrected chi connectivity index (χ1v) is 5.18. The Kier molecular flexibility index (Phi) is 4.43. The van der Waals surface area contributed by atoms with Crippen molar-refractivity contribution >= 4 is 0 Å². The molecule has 1 unspecified atom stereocenters. The number of ether oxygens (including phenoxy) is 2. The first kappa shape index (κ1) is 11.9. The molecule has 2 N–H and O–H groups in total. The van der Waals surface area contributed by atoms with Crippen molar-refractivity contribution in [3.63, 3.8) is 0 Å². The molecule has 0 saturated heterocycles. The number of methoxy groups -OCH3 is 2. The molecule has 0 amide bonds. The van der Waals surface area contributed by atoms with E-state index in [9.17, 15) is 0 Å². The van der Waals surface area contributed by atoms with Crippen LogP contribution in [0, 0.1) is 0 Å². The summed E-state index contributed by atoms with van der Waals surface area (Å²) in [6.07, 6.45) is 1.73. The van der Waals surface area contributed by atoms with Crippen molar-refractivity contribution in [2.24, 2.45) is 5.73 Å². The second-order valence-corrected chi connectivity index (χ2v) is 3.51. The van der Waals surface area contributed by atoms with E-state index >= 15 is 0 Å². The first-order chi connectivity index (χ1) is 7.22. The lowest BCUT2D eigenvalue weighted by atomic mass is 10.0. The lowest BCUT2D eigenvalue weighted by Gasteiger charge is -2.15. The van der Waals surface area contributed by atoms with Crippen LogP contribution in [0.5, 0.6) is 11.5 Å². The van der Waals surface area contributed by atoms with E-state index in [0.717, 1.165) is 29.9 Å². The number of hydrogen-bond acceptors (Lipinski definition) is 3. The molecule has 0 fully saturated rings. The van der Waals surface area contributed by atoms with E-state index in [-0.39, 0.29) is 6.04 Å². The van der Waals surface area contributed by atoms with Crippen LogP contribution in [0.25, 0.3) is 0 Å². The number of hydrogen-bond donors (Lipinski definition) is 1. The van der Waals surface area contributed by atoms with Gasteiger partial charge >= 0.3 is 0 Å². The third-order valence-electron chi connectivity index (χ3n) is 2.52. The van der Waals surface area contributed by atoms with Crippen LogP contribution < -0.4 is 15.2 Å². The highest BCUT2D eigenvalue weighted by molar-refractivity contribution is 5.45. The van der Waals surface area contributed by atoms with E-state index in [1.807, 2.05) is 18.2 Å². The standard InChI is InChI=1S/C12H19NO2/c1-4-9(13)8-10-11(14-2)6-5-7-12(10)15-3/h5-7,9H,4,8,13H2,1-3H3. The van der Waals surface area contributed by atoms with Crippen molar-refractivity contribution in [3.8, 4) is 11.5 Å². The van der Waals surface area contributed by atoms with Crippen molar-refractivity contribution < 1.29 is 9.47 Å². The Hall–Kier alpha value is -1.22. The van der Waals surface area contributed by atoms with Crippen molar-refractivity contribution in [2.75, 3.05) is 14.2 Å². The minimum absolute atomic E-state index is 0.148. The van der Waals surface area contributed by atoms with Gasteiger partial charge in [-0.05, 0) is 25.0 Å². The van der Waals surface area contributed by atoms with Crippen LogP contribution in [0.2, 0.25) is 0 Å². The zero-order valence-electron chi connectivity index (χ0n) is 9.62. The van der Waals surface area contributed by atoms with E-state index in [2.05, 4.69) is 6.92 Å². The Labute approximate surface area is 91.2 Å². The average Bonchev–Trinajstić information content (AvgIpc) is 2.29. The van der Waals surface area contributed by atoms with Crippen molar-refractivity contribution in [1.82, 2.24) is 0 Å². The average molecular weight is 209 g/mol. The fraction of sp³-hybridized carbons (Fsp3) is 0.500. The molecular formula is C12H19NO2. The molecule has 0 radical (unpaired) electrons. The molecule has 3 nitrogen and oxygen atoms in total. The molecule has 84 valence electrons. The fourth-order valence-corrected chi connectivity index (χ4v) is 1.54. The highest BCUT2D eigenvalue weighted by Gasteiger charge is 2.12. The van der Waals surface area contributed by atoms with Crippen LogP contribution >= 0.6 is 0 Å². The molecule has 0 spiro atoms. The molecule has 0 heterocycles. The van der Waals surface area contributed by atoms with Crippen molar-refractivity contribution in [2.45, 2.75) is 25.8 Å². The Morgan fingerprint density at radius 3 is 2.13 bits per heavy atom. The summed E-state index contributed by atoms with van der Waals surface area (Å²) in [5.41, 5.74) is 6.99. The predicted molar refractivity (Wildman–Crippen MR) is 61.5 cm³/mol. The SMILES string of the molecule is CCC(N)Cc1c(OC)cccc1OC. The van der Waals surface area contributed by atoms with Crippen molar-refractivity contribution in [3.05, 3.63) is 23.8 Å². The van der Waals surface area contributed by atoms with Gasteiger partial charge in [0.25, 0.3) is 0 Å². The third-order valence-corrected chi connectivity index (χ3v) is 2.52. The molecule has 15 heavy (non-hydrogen) atoms. The smallest absolute Gasteiger partial charge is 0.125 e. The van der Waals surface area contributed by atoms with Crippen LogP contribution in [0.1, 0.15) is 18.9 Å². The molecule has 1 atom stereocenters. The van der Waals surface area contributed by atoms with Crippen molar-refractivity contribution in [1.29, 1.82) is 0 Å². The molecule has 1 rings (SSSR count). The topological polar surface area (TPSA) is 44.5 Å². The highest BCUT2D eigenvalue weighted by Crippen LogP contribution is 2.29. The van der Waals surface area contributed by atoms with Gasteiger partial charge in [-0.2, -0.15) is 0 Å². The Balaban J connectivity index is 2.99. The summed E-state index contributed by atoms with van der Waals surface area (Å²) in [5.74, 6) is 1.69. The van der Waals surface area contributed by atoms with Crippen LogP contribution in [0.15, 0.2) is 18.2 Å². The number of rotatable bonds is 5. The van der Waals surface area contributed by atoms with E-state index in [1.54, 1.807) is 14.2 Å². The summed E-state index contributed by atoms with van der Waals surface area (Å²) in [6.45, 7) is 2.08. The minimum Gasteiger partial charge on any atom is -0.496 e. The maximum Gasteiger partial charge on any atom is 0.125 e. The molecule has 1 aromatic rings. The molecule has 0 aromatic heterocycles. The van der Waals surface area contributed by atoms with Gasteiger partial charge in [0.15, 0.2) is 0 Å². The van der Waals surface area contributed by atoms with Gasteiger partial charge < -0.3 is 15.2 Å². The van der Waals surface area contributed by atoms with E-state index < -0.39 is 0 Å². The summed E-state index contributed by atoms with van der Waals surface area (Å²) in [5, 5.41) is 0. The van der Waals surface area contributed by atoms with Gasteiger partial charge in [0.1, 0.15) is 11.5 Å². The fourth-order valence-electron chi connectivity index (χ4n) is 1.54. The monoisotopic (exact) mass is 209 g/mol. The number of benzene rings is 1. The zero-order chi connectivity index (χ0) is 11.3. The maximum atomic E-state index is 5.94. The molecule has 0 aliphatic carbocycles. The number of nitrogens with two attached hydrogens (primary N) is 1. The second kappa shape index (κ2) is 5.61. The summed E-state index contributed by atoms with van der Waals surface area (Å²) >= 11 is 0. The van der Waals surface area contributed by atoms with Gasteiger partial charge in [-0.15, -0.1) is 0 Å². The summed E-state index contributed by atoms with van der Waals surface area (Å²) in [6, 6.07) is 5.93. The Bertz CT molecular complexity index is 290. The predicted octanol–water partition coefficient (Wildman–Crippen LogP) is 1.98. The van der Waals surface area contributed by atoms with Gasteiger partial charge in [-0.1, -0.05) is 13.0 Å². The molecule has 3 heteroatoms. The first-order valence-electron chi connectivity index (χ1n) is 5.18. The largest absolute Gasteiger partial charge is 0.496 e. The highest BCUT2D eigenvalue weighted by atomic mass is 16.5. The van der Waals surface area contributed by atoms with Crippen LogP contribution in [-0.2, 0) is 6.42 Å². The van der Waals surface area contributed by atoms with Crippen LogP contribution in [0.4, 0.5) is 0 Å². The molecule has 0 saturated carbocycles. The van der Waals surface area contributed by atoms with E-state index in [4.69, 9.17) is 15.2 Å². The molecule has 0 bridgehead atoms. The van der Waals surface area contributed by atoms with E-state index in [0.29, 0.717) is 0 Å². The minimum atomic E-state index is 0.148. The quantitative estimate of drug-likeness (QED) is 0.806. The molecule has 0 aliphatic rings.